The lowest BCUT2D eigenvalue weighted by molar-refractivity contribution is 1.29. The van der Waals surface area contributed by atoms with E-state index in [9.17, 15) is 0 Å². The van der Waals surface area contributed by atoms with E-state index in [1.54, 1.807) is 12.3 Å². The van der Waals surface area contributed by atoms with Gasteiger partial charge in [-0.25, -0.2) is 0 Å². The van der Waals surface area contributed by atoms with Crippen LogP contribution in [0.3, 0.4) is 0 Å². The van der Waals surface area contributed by atoms with Crippen LogP contribution in [-0.2, 0) is 0 Å². The Hall–Kier alpha value is -1.11. The lowest BCUT2D eigenvalue weighted by Crippen LogP contribution is -1.78. The normalized spacial score (nSPS) is 12.0. The Morgan fingerprint density at radius 2 is 2.10 bits per heavy atom. The summed E-state index contributed by atoms with van der Waals surface area (Å²) in [6.07, 6.45) is 5.22. The maximum absolute atomic E-state index is 4.08. The third-order valence-corrected chi connectivity index (χ3v) is 1.03. The number of rotatable bonds is 3. The van der Waals surface area contributed by atoms with Crippen LogP contribution in [0.4, 0.5) is 0 Å². The van der Waals surface area contributed by atoms with Crippen LogP contribution in [0.25, 0.3) is 0 Å². The number of hydrogen-bond acceptors (Lipinski definition) is 1. The Labute approximate surface area is 62.5 Å². The molecular formula is C9H13N. The quantitative estimate of drug-likeness (QED) is 0.417. The van der Waals surface area contributed by atoms with Gasteiger partial charge in [0.05, 0.1) is 5.70 Å². The molecule has 0 atom stereocenters. The molecule has 0 aromatic carbocycles. The van der Waals surface area contributed by atoms with Crippen molar-refractivity contribution in [2.24, 2.45) is 4.99 Å². The Bertz CT molecular complexity index is 185. The number of allylic oxidation sites excluding steroid dienone is 3. The molecule has 0 rings (SSSR count). The highest BCUT2D eigenvalue weighted by Crippen LogP contribution is 2.06. The van der Waals surface area contributed by atoms with Gasteiger partial charge in [0.15, 0.2) is 0 Å². The van der Waals surface area contributed by atoms with Gasteiger partial charge < -0.3 is 0 Å². The minimum Gasteiger partial charge on any atom is -0.257 e. The number of nitrogens with zero attached hydrogens (tertiary/aromatic N) is 1. The van der Waals surface area contributed by atoms with Gasteiger partial charge in [0.2, 0.25) is 0 Å². The van der Waals surface area contributed by atoms with Gasteiger partial charge in [-0.2, -0.15) is 0 Å². The summed E-state index contributed by atoms with van der Waals surface area (Å²) >= 11 is 0. The number of aliphatic imine (C=N–C) groups is 1. The topological polar surface area (TPSA) is 12.4 Å². The van der Waals surface area contributed by atoms with Crippen LogP contribution in [0.15, 0.2) is 41.6 Å². The largest absolute Gasteiger partial charge is 0.257 e. The number of hydrogen-bond donors (Lipinski definition) is 0. The van der Waals surface area contributed by atoms with E-state index in [2.05, 4.69) is 18.2 Å². The van der Waals surface area contributed by atoms with Gasteiger partial charge in [-0.05, 0) is 19.4 Å². The average Bonchev–Trinajstić information content (AvgIpc) is 1.89. The van der Waals surface area contributed by atoms with Crippen LogP contribution in [-0.4, -0.2) is 6.21 Å². The molecule has 0 radical (unpaired) electrons. The van der Waals surface area contributed by atoms with Gasteiger partial charge in [-0.1, -0.05) is 25.3 Å². The summed E-state index contributed by atoms with van der Waals surface area (Å²) in [6, 6.07) is 0. The summed E-state index contributed by atoms with van der Waals surface area (Å²) in [5, 5.41) is 0. The zero-order valence-corrected chi connectivity index (χ0v) is 6.59. The highest BCUT2D eigenvalue weighted by atomic mass is 14.7. The fraction of sp³-hybridized carbons (Fsp3) is 0.222. The summed E-state index contributed by atoms with van der Waals surface area (Å²) in [7, 11) is 0. The van der Waals surface area contributed by atoms with Crippen LogP contribution in [0.2, 0.25) is 0 Å². The van der Waals surface area contributed by atoms with E-state index in [-0.39, 0.29) is 0 Å². The van der Waals surface area contributed by atoms with Crippen LogP contribution in [0.5, 0.6) is 0 Å². The zero-order valence-electron chi connectivity index (χ0n) is 6.59. The summed E-state index contributed by atoms with van der Waals surface area (Å²) in [4.78, 5) is 4.08. The molecule has 10 heavy (non-hydrogen) atoms. The van der Waals surface area contributed by atoms with Gasteiger partial charge in [0.25, 0.3) is 0 Å². The molecule has 0 unspecified atom stereocenters. The molecule has 1 nitrogen and oxygen atoms in total. The predicted molar refractivity (Wildman–Crippen MR) is 47.3 cm³/mol. The first kappa shape index (κ1) is 8.89. The van der Waals surface area contributed by atoms with Gasteiger partial charge in [-0.3, -0.25) is 4.99 Å². The van der Waals surface area contributed by atoms with E-state index in [0.29, 0.717) is 0 Å². The van der Waals surface area contributed by atoms with Crippen LogP contribution >= 0.6 is 0 Å². The second-order valence-electron chi connectivity index (χ2n) is 1.97. The molecule has 0 saturated carbocycles. The molecule has 0 N–H and O–H groups in total. The predicted octanol–water partition coefficient (Wildman–Crippen LogP) is 2.72. The van der Waals surface area contributed by atoms with E-state index in [0.717, 1.165) is 11.3 Å². The molecule has 0 aromatic rings. The molecule has 0 aromatic heterocycles. The van der Waals surface area contributed by atoms with Crippen LogP contribution in [0, 0.1) is 0 Å². The van der Waals surface area contributed by atoms with Gasteiger partial charge in [-0.15, -0.1) is 0 Å². The van der Waals surface area contributed by atoms with Crippen molar-refractivity contribution in [3.8, 4) is 0 Å². The highest BCUT2D eigenvalue weighted by molar-refractivity contribution is 5.71. The lowest BCUT2D eigenvalue weighted by atomic mass is 10.2. The summed E-state index contributed by atoms with van der Waals surface area (Å²) in [5.41, 5.74) is 1.89. The van der Waals surface area contributed by atoms with E-state index in [1.807, 2.05) is 19.9 Å². The first-order chi connectivity index (χ1) is 4.72. The second kappa shape index (κ2) is 4.74. The van der Waals surface area contributed by atoms with Gasteiger partial charge >= 0.3 is 0 Å². The Balaban J connectivity index is 4.25. The molecule has 0 aliphatic heterocycles. The molecule has 0 saturated heterocycles. The molecule has 54 valence electrons. The van der Waals surface area contributed by atoms with Crippen molar-refractivity contribution in [3.63, 3.8) is 0 Å². The molecule has 0 heterocycles. The van der Waals surface area contributed by atoms with E-state index >= 15 is 0 Å². The van der Waals surface area contributed by atoms with Crippen molar-refractivity contribution in [1.82, 2.24) is 0 Å². The van der Waals surface area contributed by atoms with Crippen molar-refractivity contribution in [3.05, 3.63) is 36.6 Å². The van der Waals surface area contributed by atoms with Crippen LogP contribution < -0.4 is 0 Å². The first-order valence-corrected chi connectivity index (χ1v) is 3.19. The van der Waals surface area contributed by atoms with Crippen molar-refractivity contribution < 1.29 is 0 Å². The van der Waals surface area contributed by atoms with Crippen molar-refractivity contribution >= 4 is 6.21 Å². The molecule has 0 spiro atoms. The summed E-state index contributed by atoms with van der Waals surface area (Å²) in [5.74, 6) is 0. The smallest absolute Gasteiger partial charge is 0.0610 e. The first-order valence-electron chi connectivity index (χ1n) is 3.19. The second-order valence-corrected chi connectivity index (χ2v) is 1.97. The lowest BCUT2D eigenvalue weighted by Gasteiger charge is -1.95. The zero-order chi connectivity index (χ0) is 7.98. The Kier molecular flexibility index (Phi) is 4.21. The average molecular weight is 135 g/mol. The van der Waals surface area contributed by atoms with Crippen molar-refractivity contribution in [1.29, 1.82) is 0 Å². The van der Waals surface area contributed by atoms with Crippen molar-refractivity contribution in [2.45, 2.75) is 13.8 Å². The maximum atomic E-state index is 4.08. The van der Waals surface area contributed by atoms with E-state index < -0.39 is 0 Å². The Morgan fingerprint density at radius 1 is 1.50 bits per heavy atom. The standard InChI is InChI=1S/C9H13N/c1-5-7-10-9(6-2)8(3)4/h5-7H,1,3H2,2,4H3/b9-6-,10-7?. The maximum Gasteiger partial charge on any atom is 0.0610 e. The van der Waals surface area contributed by atoms with Gasteiger partial charge in [0, 0.05) is 6.21 Å². The third kappa shape index (κ3) is 3.02. The molecule has 0 aliphatic rings. The molecule has 0 amide bonds. The minimum atomic E-state index is 0.917. The van der Waals surface area contributed by atoms with E-state index in [1.165, 1.54) is 0 Å². The molecule has 0 fully saturated rings. The minimum absolute atomic E-state index is 0.917. The molecule has 0 bridgehead atoms. The third-order valence-electron chi connectivity index (χ3n) is 1.03. The SMILES string of the molecule is C=CC=N/C(=C\C)C(=C)C. The van der Waals surface area contributed by atoms with Gasteiger partial charge in [0.1, 0.15) is 0 Å². The fourth-order valence-electron chi connectivity index (χ4n) is 0.564. The molecular weight excluding hydrogens is 122 g/mol. The summed E-state index contributed by atoms with van der Waals surface area (Å²) in [6.45, 7) is 11.1. The monoisotopic (exact) mass is 135 g/mol. The summed E-state index contributed by atoms with van der Waals surface area (Å²) < 4.78 is 0. The fourth-order valence-corrected chi connectivity index (χ4v) is 0.564. The van der Waals surface area contributed by atoms with E-state index in [4.69, 9.17) is 0 Å². The Morgan fingerprint density at radius 3 is 2.40 bits per heavy atom. The highest BCUT2D eigenvalue weighted by Gasteiger charge is 1.88. The molecule has 0 aliphatic carbocycles. The molecule has 1 heteroatoms. The van der Waals surface area contributed by atoms with Crippen molar-refractivity contribution in [2.75, 3.05) is 0 Å². The van der Waals surface area contributed by atoms with Crippen LogP contribution in [0.1, 0.15) is 13.8 Å².